The Kier molecular flexibility index (Phi) is 2.09. The molecule has 0 N–H and O–H groups in total. The van der Waals surface area contributed by atoms with Crippen LogP contribution < -0.4 is 0 Å². The van der Waals surface area contributed by atoms with Gasteiger partial charge in [-0.2, -0.15) is 0 Å². The lowest BCUT2D eigenvalue weighted by Crippen LogP contribution is -2.38. The summed E-state index contributed by atoms with van der Waals surface area (Å²) in [7, 11) is 0. The fourth-order valence-electron chi connectivity index (χ4n) is 2.33. The average molecular weight is 219 g/mol. The Labute approximate surface area is 93.6 Å². The van der Waals surface area contributed by atoms with Crippen molar-refractivity contribution >= 4 is 5.78 Å². The second-order valence-electron chi connectivity index (χ2n) is 4.33. The molecule has 3 rings (SSSR count). The van der Waals surface area contributed by atoms with Gasteiger partial charge in [0.1, 0.15) is 12.3 Å². The second-order valence-corrected chi connectivity index (χ2v) is 4.33. The summed E-state index contributed by atoms with van der Waals surface area (Å²) in [6.07, 6.45) is 3.48. The van der Waals surface area contributed by atoms with Crippen LogP contribution in [0.15, 0.2) is 12.3 Å². The van der Waals surface area contributed by atoms with Gasteiger partial charge in [-0.15, -0.1) is 0 Å². The highest BCUT2D eigenvalue weighted by Crippen LogP contribution is 2.40. The maximum Gasteiger partial charge on any atom is 0.213 e. The third kappa shape index (κ3) is 1.30. The lowest BCUT2D eigenvalue weighted by molar-refractivity contribution is -0.218. The smallest absolute Gasteiger partial charge is 0.213 e. The normalized spacial score (nSPS) is 28.4. The molecule has 1 aromatic rings. The molecule has 84 valence electrons. The number of hydrogen-bond donors (Lipinski definition) is 0. The molecule has 1 unspecified atom stereocenters. The minimum Gasteiger partial charge on any atom is -0.345 e. The van der Waals surface area contributed by atoms with Gasteiger partial charge in [0.2, 0.25) is 5.79 Å². The lowest BCUT2D eigenvalue weighted by Gasteiger charge is -2.32. The Morgan fingerprint density at radius 1 is 1.44 bits per heavy atom. The van der Waals surface area contributed by atoms with E-state index in [1.807, 2.05) is 13.0 Å². The molecule has 0 aromatic carbocycles. The van der Waals surface area contributed by atoms with E-state index in [1.165, 1.54) is 0 Å². The minimum absolute atomic E-state index is 0.00711. The van der Waals surface area contributed by atoms with Gasteiger partial charge in [0, 0.05) is 18.2 Å². The summed E-state index contributed by atoms with van der Waals surface area (Å²) >= 11 is 0. The van der Waals surface area contributed by atoms with Crippen molar-refractivity contribution in [1.29, 1.82) is 0 Å². The Morgan fingerprint density at radius 3 is 3.06 bits per heavy atom. The van der Waals surface area contributed by atoms with E-state index in [9.17, 15) is 4.79 Å². The van der Waals surface area contributed by atoms with Crippen molar-refractivity contribution < 1.29 is 14.3 Å². The number of pyridine rings is 1. The average Bonchev–Trinajstić information content (AvgIpc) is 2.74. The van der Waals surface area contributed by atoms with Crippen LogP contribution in [0.25, 0.3) is 0 Å². The fourth-order valence-corrected chi connectivity index (χ4v) is 2.33. The number of ether oxygens (including phenoxy) is 2. The van der Waals surface area contributed by atoms with Crippen molar-refractivity contribution in [2.24, 2.45) is 0 Å². The number of nitrogens with zero attached hydrogens (tertiary/aromatic N) is 1. The second kappa shape index (κ2) is 3.37. The van der Waals surface area contributed by atoms with Gasteiger partial charge in [0.05, 0.1) is 6.61 Å². The number of carbonyl (C=O) groups excluding carboxylic acids is 1. The third-order valence-corrected chi connectivity index (χ3v) is 3.11. The van der Waals surface area contributed by atoms with Crippen LogP contribution in [-0.4, -0.2) is 24.0 Å². The number of Topliss-reactive ketones (excluding diaryl/α,β-unsaturated/α-hetero) is 1. The van der Waals surface area contributed by atoms with Crippen molar-refractivity contribution in [2.45, 2.75) is 25.6 Å². The summed E-state index contributed by atoms with van der Waals surface area (Å²) in [6.45, 7) is 2.69. The number of aromatic nitrogens is 1. The van der Waals surface area contributed by atoms with Crippen molar-refractivity contribution in [2.75, 3.05) is 13.2 Å². The molecule has 0 bridgehead atoms. The van der Waals surface area contributed by atoms with Crippen molar-refractivity contribution in [3.05, 3.63) is 29.1 Å². The van der Waals surface area contributed by atoms with Crippen LogP contribution in [0.5, 0.6) is 0 Å². The minimum atomic E-state index is -0.753. The van der Waals surface area contributed by atoms with Crippen molar-refractivity contribution in [3.63, 3.8) is 0 Å². The molecule has 0 aliphatic carbocycles. The zero-order chi connectivity index (χ0) is 11.2. The number of rotatable bonds is 0. The Morgan fingerprint density at radius 2 is 2.31 bits per heavy atom. The first-order valence-corrected chi connectivity index (χ1v) is 5.49. The molecule has 4 heteroatoms. The van der Waals surface area contributed by atoms with Gasteiger partial charge < -0.3 is 9.47 Å². The summed E-state index contributed by atoms with van der Waals surface area (Å²) in [5.41, 5.74) is 2.31. The number of ketones is 1. The van der Waals surface area contributed by atoms with Crippen LogP contribution in [0.1, 0.15) is 34.5 Å². The van der Waals surface area contributed by atoms with E-state index in [0.29, 0.717) is 17.9 Å². The van der Waals surface area contributed by atoms with Gasteiger partial charge in [-0.05, 0) is 25.0 Å². The zero-order valence-electron chi connectivity index (χ0n) is 9.16. The summed E-state index contributed by atoms with van der Waals surface area (Å²) < 4.78 is 11.2. The molecule has 1 atom stereocenters. The molecule has 0 amide bonds. The molecular weight excluding hydrogens is 206 g/mol. The SMILES string of the molecule is Cc1cnc2c(c1)C(=O)COC21CCCO1. The molecule has 2 aliphatic rings. The third-order valence-electron chi connectivity index (χ3n) is 3.11. The van der Waals surface area contributed by atoms with E-state index in [1.54, 1.807) is 6.20 Å². The Hall–Kier alpha value is -1.26. The van der Waals surface area contributed by atoms with Gasteiger partial charge in [-0.3, -0.25) is 9.78 Å². The molecule has 1 saturated heterocycles. The zero-order valence-corrected chi connectivity index (χ0v) is 9.16. The van der Waals surface area contributed by atoms with Crippen LogP contribution in [0.2, 0.25) is 0 Å². The standard InChI is InChI=1S/C12H13NO3/c1-8-5-9-10(14)7-16-12(3-2-4-15-12)11(9)13-6-8/h5-6H,2-4,7H2,1H3. The maximum absolute atomic E-state index is 11.8. The van der Waals surface area contributed by atoms with Crippen LogP contribution in [-0.2, 0) is 15.3 Å². The number of fused-ring (bicyclic) bond motifs is 2. The molecule has 4 nitrogen and oxygen atoms in total. The van der Waals surface area contributed by atoms with Crippen molar-refractivity contribution in [1.82, 2.24) is 4.98 Å². The van der Waals surface area contributed by atoms with Gasteiger partial charge >= 0.3 is 0 Å². The summed E-state index contributed by atoms with van der Waals surface area (Å²) in [5.74, 6) is -0.760. The first-order chi connectivity index (χ1) is 7.71. The summed E-state index contributed by atoms with van der Waals surface area (Å²) in [5, 5.41) is 0. The molecular formula is C12H13NO3. The first kappa shape index (κ1) is 9.93. The molecule has 3 heterocycles. The molecule has 0 radical (unpaired) electrons. The van der Waals surface area contributed by atoms with Crippen LogP contribution >= 0.6 is 0 Å². The largest absolute Gasteiger partial charge is 0.345 e. The van der Waals surface area contributed by atoms with E-state index in [0.717, 1.165) is 18.4 Å². The highest BCUT2D eigenvalue weighted by molar-refractivity contribution is 5.99. The van der Waals surface area contributed by atoms with Crippen LogP contribution in [0, 0.1) is 6.92 Å². The predicted molar refractivity (Wildman–Crippen MR) is 56.1 cm³/mol. The van der Waals surface area contributed by atoms with Crippen molar-refractivity contribution in [3.8, 4) is 0 Å². The van der Waals surface area contributed by atoms with Gasteiger partial charge in [0.15, 0.2) is 5.78 Å². The highest BCUT2D eigenvalue weighted by Gasteiger charge is 2.45. The first-order valence-electron chi connectivity index (χ1n) is 5.49. The summed E-state index contributed by atoms with van der Waals surface area (Å²) in [4.78, 5) is 16.1. The van der Waals surface area contributed by atoms with Gasteiger partial charge in [-0.25, -0.2) is 0 Å². The van der Waals surface area contributed by atoms with Gasteiger partial charge in [-0.1, -0.05) is 0 Å². The van der Waals surface area contributed by atoms with Gasteiger partial charge in [0.25, 0.3) is 0 Å². The predicted octanol–water partition coefficient (Wildman–Crippen LogP) is 1.57. The lowest BCUT2D eigenvalue weighted by atomic mass is 9.96. The molecule has 1 aromatic heterocycles. The molecule has 1 fully saturated rings. The van der Waals surface area contributed by atoms with E-state index in [2.05, 4.69) is 4.98 Å². The topological polar surface area (TPSA) is 48.4 Å². The number of hydrogen-bond acceptors (Lipinski definition) is 4. The van der Waals surface area contributed by atoms with E-state index >= 15 is 0 Å². The molecule has 2 aliphatic heterocycles. The maximum atomic E-state index is 11.8. The Bertz CT molecular complexity index is 450. The van der Waals surface area contributed by atoms with E-state index in [-0.39, 0.29) is 12.4 Å². The van der Waals surface area contributed by atoms with Crippen LogP contribution in [0.3, 0.4) is 0 Å². The molecule has 0 saturated carbocycles. The van der Waals surface area contributed by atoms with Crippen LogP contribution in [0.4, 0.5) is 0 Å². The number of carbonyl (C=O) groups is 1. The molecule has 16 heavy (non-hydrogen) atoms. The number of aryl methyl sites for hydroxylation is 1. The quantitative estimate of drug-likeness (QED) is 0.664. The molecule has 1 spiro atoms. The summed E-state index contributed by atoms with van der Waals surface area (Å²) in [6, 6.07) is 1.87. The fraction of sp³-hybridized carbons (Fsp3) is 0.500. The highest BCUT2D eigenvalue weighted by atomic mass is 16.7. The monoisotopic (exact) mass is 219 g/mol. The van der Waals surface area contributed by atoms with E-state index in [4.69, 9.17) is 9.47 Å². The Balaban J connectivity index is 2.16. The van der Waals surface area contributed by atoms with E-state index < -0.39 is 5.79 Å².